The van der Waals surface area contributed by atoms with Gasteiger partial charge in [-0.1, -0.05) is 39.3 Å². The molecule has 19 heavy (non-hydrogen) atoms. The summed E-state index contributed by atoms with van der Waals surface area (Å²) in [6.45, 7) is 14.7. The molecule has 0 aliphatic heterocycles. The van der Waals surface area contributed by atoms with Crippen molar-refractivity contribution in [3.05, 3.63) is 28.3 Å². The SMILES string of the molecule is CCN(CC)C(C)Oc1cc(C)c(Cl)cc1C(C)C. The summed E-state index contributed by atoms with van der Waals surface area (Å²) < 4.78 is 6.15. The van der Waals surface area contributed by atoms with Crippen LogP contribution in [0.15, 0.2) is 12.1 Å². The van der Waals surface area contributed by atoms with Crippen LogP contribution in [0, 0.1) is 6.92 Å². The maximum absolute atomic E-state index is 6.22. The average Bonchev–Trinajstić information content (AvgIpc) is 2.34. The topological polar surface area (TPSA) is 12.5 Å². The van der Waals surface area contributed by atoms with Crippen LogP contribution in [0.4, 0.5) is 0 Å². The highest BCUT2D eigenvalue weighted by molar-refractivity contribution is 6.31. The molecule has 0 saturated carbocycles. The Balaban J connectivity index is 3.02. The van der Waals surface area contributed by atoms with Crippen molar-refractivity contribution in [1.82, 2.24) is 4.90 Å². The van der Waals surface area contributed by atoms with E-state index in [1.807, 2.05) is 13.0 Å². The van der Waals surface area contributed by atoms with Crippen LogP contribution in [0.25, 0.3) is 0 Å². The fraction of sp³-hybridized carbons (Fsp3) is 0.625. The third-order valence-corrected chi connectivity index (χ3v) is 3.94. The third-order valence-electron chi connectivity index (χ3n) is 3.54. The second-order valence-electron chi connectivity index (χ2n) is 5.23. The first-order valence-electron chi connectivity index (χ1n) is 7.11. The molecule has 0 heterocycles. The second kappa shape index (κ2) is 7.16. The van der Waals surface area contributed by atoms with E-state index < -0.39 is 0 Å². The molecular weight excluding hydrogens is 258 g/mol. The Morgan fingerprint density at radius 2 is 1.74 bits per heavy atom. The van der Waals surface area contributed by atoms with E-state index in [1.165, 1.54) is 5.56 Å². The molecule has 1 unspecified atom stereocenters. The Kier molecular flexibility index (Phi) is 6.15. The van der Waals surface area contributed by atoms with Crippen LogP contribution in [-0.4, -0.2) is 24.2 Å². The molecule has 108 valence electrons. The Labute approximate surface area is 122 Å². The van der Waals surface area contributed by atoms with E-state index in [0.29, 0.717) is 5.92 Å². The van der Waals surface area contributed by atoms with Crippen LogP contribution in [0.3, 0.4) is 0 Å². The van der Waals surface area contributed by atoms with E-state index >= 15 is 0 Å². The van der Waals surface area contributed by atoms with Gasteiger partial charge in [0.05, 0.1) is 0 Å². The highest BCUT2D eigenvalue weighted by Gasteiger charge is 2.16. The van der Waals surface area contributed by atoms with Gasteiger partial charge in [0.25, 0.3) is 0 Å². The lowest BCUT2D eigenvalue weighted by molar-refractivity contribution is 0.0470. The van der Waals surface area contributed by atoms with E-state index in [1.54, 1.807) is 0 Å². The van der Waals surface area contributed by atoms with Crippen molar-refractivity contribution in [1.29, 1.82) is 0 Å². The maximum Gasteiger partial charge on any atom is 0.149 e. The van der Waals surface area contributed by atoms with Gasteiger partial charge in [-0.05, 0) is 56.1 Å². The van der Waals surface area contributed by atoms with Gasteiger partial charge in [0.1, 0.15) is 12.0 Å². The third kappa shape index (κ3) is 4.12. The lowest BCUT2D eigenvalue weighted by Gasteiger charge is -2.28. The quantitative estimate of drug-likeness (QED) is 0.693. The summed E-state index contributed by atoms with van der Waals surface area (Å²) in [5.74, 6) is 1.35. The number of ether oxygens (including phenoxy) is 1. The molecule has 1 aromatic rings. The molecule has 0 aliphatic rings. The minimum Gasteiger partial charge on any atom is -0.475 e. The largest absolute Gasteiger partial charge is 0.475 e. The van der Waals surface area contributed by atoms with E-state index in [0.717, 1.165) is 29.4 Å². The molecule has 2 nitrogen and oxygen atoms in total. The number of nitrogens with zero attached hydrogens (tertiary/aromatic N) is 1. The molecule has 0 fully saturated rings. The predicted molar refractivity (Wildman–Crippen MR) is 83.3 cm³/mol. The first-order valence-corrected chi connectivity index (χ1v) is 7.49. The number of hydrogen-bond donors (Lipinski definition) is 0. The maximum atomic E-state index is 6.22. The minimum absolute atomic E-state index is 0.0769. The van der Waals surface area contributed by atoms with Crippen LogP contribution in [0.5, 0.6) is 5.75 Å². The Bertz CT molecular complexity index is 413. The molecule has 1 atom stereocenters. The van der Waals surface area contributed by atoms with Crippen LogP contribution in [-0.2, 0) is 0 Å². The van der Waals surface area contributed by atoms with Crippen LogP contribution in [0.2, 0.25) is 5.02 Å². The Morgan fingerprint density at radius 3 is 2.21 bits per heavy atom. The number of rotatable bonds is 6. The lowest BCUT2D eigenvalue weighted by Crippen LogP contribution is -2.37. The number of halogens is 1. The molecule has 0 N–H and O–H groups in total. The van der Waals surface area contributed by atoms with Gasteiger partial charge in [-0.3, -0.25) is 4.90 Å². The van der Waals surface area contributed by atoms with Crippen molar-refractivity contribution in [2.24, 2.45) is 0 Å². The highest BCUT2D eigenvalue weighted by atomic mass is 35.5. The van der Waals surface area contributed by atoms with E-state index in [-0.39, 0.29) is 6.23 Å². The fourth-order valence-corrected chi connectivity index (χ4v) is 2.39. The molecule has 0 aliphatic carbocycles. The van der Waals surface area contributed by atoms with Crippen molar-refractivity contribution in [2.45, 2.75) is 53.7 Å². The van der Waals surface area contributed by atoms with Gasteiger partial charge in [-0.2, -0.15) is 0 Å². The first kappa shape index (κ1) is 16.3. The van der Waals surface area contributed by atoms with Gasteiger partial charge >= 0.3 is 0 Å². The second-order valence-corrected chi connectivity index (χ2v) is 5.64. The lowest BCUT2D eigenvalue weighted by atomic mass is 10.0. The van der Waals surface area contributed by atoms with E-state index in [9.17, 15) is 0 Å². The summed E-state index contributed by atoms with van der Waals surface area (Å²) in [6.07, 6.45) is 0.0769. The van der Waals surface area contributed by atoms with Crippen molar-refractivity contribution < 1.29 is 4.74 Å². The number of aryl methyl sites for hydroxylation is 1. The molecule has 3 heteroatoms. The van der Waals surface area contributed by atoms with Crippen LogP contribution < -0.4 is 4.74 Å². The van der Waals surface area contributed by atoms with Gasteiger partial charge in [0.15, 0.2) is 0 Å². The molecule has 0 spiro atoms. The normalized spacial score (nSPS) is 13.1. The molecule has 0 aromatic heterocycles. The summed E-state index contributed by atoms with van der Waals surface area (Å²) in [4.78, 5) is 2.29. The van der Waals surface area contributed by atoms with Gasteiger partial charge in [0, 0.05) is 5.02 Å². The monoisotopic (exact) mass is 283 g/mol. The number of benzene rings is 1. The highest BCUT2D eigenvalue weighted by Crippen LogP contribution is 2.32. The van der Waals surface area contributed by atoms with Crippen molar-refractivity contribution >= 4 is 11.6 Å². The molecule has 0 saturated heterocycles. The smallest absolute Gasteiger partial charge is 0.149 e. The molecule has 0 radical (unpaired) electrons. The van der Waals surface area contributed by atoms with E-state index in [4.69, 9.17) is 16.3 Å². The zero-order valence-electron chi connectivity index (χ0n) is 13.0. The standard InChI is InChI=1S/C16H26ClNO/c1-7-18(8-2)13(6)19-16-9-12(5)15(17)10-14(16)11(3)4/h9-11,13H,7-8H2,1-6H3. The van der Waals surface area contributed by atoms with Crippen molar-refractivity contribution in [3.63, 3.8) is 0 Å². The molecule has 1 rings (SSSR count). The zero-order valence-corrected chi connectivity index (χ0v) is 13.7. The predicted octanol–water partition coefficient (Wildman–Crippen LogP) is 4.84. The molecule has 1 aromatic carbocycles. The molecule has 0 bridgehead atoms. The van der Waals surface area contributed by atoms with Gasteiger partial charge < -0.3 is 4.74 Å². The van der Waals surface area contributed by atoms with Gasteiger partial charge in [-0.15, -0.1) is 0 Å². The fourth-order valence-electron chi connectivity index (χ4n) is 2.22. The summed E-state index contributed by atoms with van der Waals surface area (Å²) in [6, 6.07) is 4.09. The van der Waals surface area contributed by atoms with Crippen molar-refractivity contribution in [2.75, 3.05) is 13.1 Å². The summed E-state index contributed by atoms with van der Waals surface area (Å²) in [5.41, 5.74) is 2.24. The van der Waals surface area contributed by atoms with Crippen molar-refractivity contribution in [3.8, 4) is 5.75 Å². The first-order chi connectivity index (χ1) is 8.90. The minimum atomic E-state index is 0.0769. The molecule has 0 amide bonds. The van der Waals surface area contributed by atoms with Gasteiger partial charge in [-0.25, -0.2) is 0 Å². The number of hydrogen-bond acceptors (Lipinski definition) is 2. The van der Waals surface area contributed by atoms with Crippen LogP contribution in [0.1, 0.15) is 51.7 Å². The Morgan fingerprint density at radius 1 is 1.16 bits per heavy atom. The average molecular weight is 284 g/mol. The summed E-state index contributed by atoms with van der Waals surface area (Å²) in [5, 5.41) is 0.812. The summed E-state index contributed by atoms with van der Waals surface area (Å²) in [7, 11) is 0. The Hall–Kier alpha value is -0.730. The zero-order chi connectivity index (χ0) is 14.6. The molecular formula is C16H26ClNO. The summed E-state index contributed by atoms with van der Waals surface area (Å²) >= 11 is 6.22. The van der Waals surface area contributed by atoms with Crippen LogP contribution >= 0.6 is 11.6 Å². The van der Waals surface area contributed by atoms with Gasteiger partial charge in [0.2, 0.25) is 0 Å². The van der Waals surface area contributed by atoms with E-state index in [2.05, 4.69) is 45.6 Å².